The van der Waals surface area contributed by atoms with Gasteiger partial charge in [-0.15, -0.1) is 0 Å². The summed E-state index contributed by atoms with van der Waals surface area (Å²) in [5.41, 5.74) is 5.16. The summed E-state index contributed by atoms with van der Waals surface area (Å²) >= 11 is 0. The normalized spacial score (nSPS) is 21.3. The van der Waals surface area contributed by atoms with Gasteiger partial charge in [0.25, 0.3) is 0 Å². The van der Waals surface area contributed by atoms with Crippen LogP contribution < -0.4 is 0 Å². The van der Waals surface area contributed by atoms with Crippen LogP contribution in [0.4, 0.5) is 0 Å². The Kier molecular flexibility index (Phi) is 2.12. The first-order valence-electron chi connectivity index (χ1n) is 4.97. The predicted octanol–water partition coefficient (Wildman–Crippen LogP) is 2.67. The van der Waals surface area contributed by atoms with Crippen molar-refractivity contribution in [1.29, 1.82) is 0 Å². The zero-order chi connectivity index (χ0) is 9.42. The molecule has 2 rings (SSSR count). The number of aliphatic hydroxyl groups excluding tert-OH is 1. The van der Waals surface area contributed by atoms with E-state index in [1.165, 1.54) is 22.3 Å². The van der Waals surface area contributed by atoms with Gasteiger partial charge in [0, 0.05) is 0 Å². The van der Waals surface area contributed by atoms with E-state index in [0.717, 1.165) is 19.3 Å². The molecule has 70 valence electrons. The molecule has 0 unspecified atom stereocenters. The van der Waals surface area contributed by atoms with Crippen LogP contribution in [-0.4, -0.2) is 5.11 Å². The summed E-state index contributed by atoms with van der Waals surface area (Å²) < 4.78 is 0. The molecule has 0 aliphatic heterocycles. The lowest BCUT2D eigenvalue weighted by Gasteiger charge is -2.24. The van der Waals surface area contributed by atoms with Crippen LogP contribution in [0.15, 0.2) is 12.1 Å². The largest absolute Gasteiger partial charge is 0.388 e. The van der Waals surface area contributed by atoms with Crippen LogP contribution in [0.3, 0.4) is 0 Å². The fraction of sp³-hybridized carbons (Fsp3) is 0.500. The second kappa shape index (κ2) is 3.15. The molecule has 1 aliphatic carbocycles. The predicted molar refractivity (Wildman–Crippen MR) is 53.8 cm³/mol. The van der Waals surface area contributed by atoms with Crippen molar-refractivity contribution in [1.82, 2.24) is 0 Å². The molecule has 1 aromatic rings. The SMILES string of the molecule is Cc1ccc(C)c2c1CCC[C@H]2O. The molecule has 0 heterocycles. The second-order valence-corrected chi connectivity index (χ2v) is 4.00. The molecule has 1 atom stereocenters. The summed E-state index contributed by atoms with van der Waals surface area (Å²) in [6.45, 7) is 4.23. The second-order valence-electron chi connectivity index (χ2n) is 4.00. The number of fused-ring (bicyclic) bond motifs is 1. The van der Waals surface area contributed by atoms with Crippen molar-refractivity contribution in [2.75, 3.05) is 0 Å². The molecule has 1 aliphatic rings. The van der Waals surface area contributed by atoms with Crippen molar-refractivity contribution >= 4 is 0 Å². The number of aliphatic hydroxyl groups is 1. The third-order valence-electron chi connectivity index (χ3n) is 3.05. The molecular weight excluding hydrogens is 160 g/mol. The van der Waals surface area contributed by atoms with Crippen LogP contribution in [-0.2, 0) is 6.42 Å². The summed E-state index contributed by atoms with van der Waals surface area (Å²) in [6, 6.07) is 4.27. The van der Waals surface area contributed by atoms with Crippen LogP contribution in [0.5, 0.6) is 0 Å². The van der Waals surface area contributed by atoms with Gasteiger partial charge in [-0.1, -0.05) is 12.1 Å². The first kappa shape index (κ1) is 8.76. The van der Waals surface area contributed by atoms with Gasteiger partial charge >= 0.3 is 0 Å². The van der Waals surface area contributed by atoms with E-state index in [2.05, 4.69) is 26.0 Å². The highest BCUT2D eigenvalue weighted by molar-refractivity contribution is 5.42. The topological polar surface area (TPSA) is 20.2 Å². The van der Waals surface area contributed by atoms with Crippen LogP contribution in [0.1, 0.15) is 41.2 Å². The van der Waals surface area contributed by atoms with Gasteiger partial charge < -0.3 is 5.11 Å². The first-order chi connectivity index (χ1) is 6.20. The molecule has 1 heteroatoms. The fourth-order valence-electron chi connectivity index (χ4n) is 2.30. The highest BCUT2D eigenvalue weighted by atomic mass is 16.3. The number of rotatable bonds is 0. The molecule has 1 nitrogen and oxygen atoms in total. The summed E-state index contributed by atoms with van der Waals surface area (Å²) in [6.07, 6.45) is 2.97. The molecule has 0 radical (unpaired) electrons. The minimum Gasteiger partial charge on any atom is -0.388 e. The average molecular weight is 176 g/mol. The number of hydrogen-bond acceptors (Lipinski definition) is 1. The molecule has 0 fully saturated rings. The maximum atomic E-state index is 9.87. The number of hydrogen-bond donors (Lipinski definition) is 1. The van der Waals surface area contributed by atoms with Gasteiger partial charge in [0.2, 0.25) is 0 Å². The number of aryl methyl sites for hydroxylation is 2. The van der Waals surface area contributed by atoms with Crippen LogP contribution in [0.2, 0.25) is 0 Å². The molecule has 13 heavy (non-hydrogen) atoms. The van der Waals surface area contributed by atoms with E-state index in [4.69, 9.17) is 0 Å². The Morgan fingerprint density at radius 3 is 2.62 bits per heavy atom. The standard InChI is InChI=1S/C12H16O/c1-8-6-7-9(2)12-10(8)4-3-5-11(12)13/h6-7,11,13H,3-5H2,1-2H3/t11-/m1/s1. The maximum Gasteiger partial charge on any atom is 0.0795 e. The first-order valence-corrected chi connectivity index (χ1v) is 4.97. The fourth-order valence-corrected chi connectivity index (χ4v) is 2.30. The molecular formula is C12H16O. The van der Waals surface area contributed by atoms with Crippen molar-refractivity contribution in [3.63, 3.8) is 0 Å². The Balaban J connectivity index is 2.60. The minimum absolute atomic E-state index is 0.219. The third kappa shape index (κ3) is 1.37. The van der Waals surface area contributed by atoms with Gasteiger partial charge in [0.15, 0.2) is 0 Å². The lowest BCUT2D eigenvalue weighted by molar-refractivity contribution is 0.155. The van der Waals surface area contributed by atoms with Crippen molar-refractivity contribution in [2.24, 2.45) is 0 Å². The van der Waals surface area contributed by atoms with Crippen molar-refractivity contribution in [3.8, 4) is 0 Å². The summed E-state index contributed by atoms with van der Waals surface area (Å²) in [4.78, 5) is 0. The van der Waals surface area contributed by atoms with Crippen LogP contribution in [0, 0.1) is 13.8 Å². The highest BCUT2D eigenvalue weighted by Crippen LogP contribution is 2.33. The zero-order valence-electron chi connectivity index (χ0n) is 8.30. The molecule has 0 spiro atoms. The van der Waals surface area contributed by atoms with Gasteiger partial charge in [0.1, 0.15) is 0 Å². The summed E-state index contributed by atoms with van der Waals surface area (Å²) in [5.74, 6) is 0. The Morgan fingerprint density at radius 2 is 1.92 bits per heavy atom. The van der Waals surface area contributed by atoms with Crippen LogP contribution in [0.25, 0.3) is 0 Å². The Labute approximate surface area is 79.4 Å². The minimum atomic E-state index is -0.219. The molecule has 1 aromatic carbocycles. The Morgan fingerprint density at radius 1 is 1.23 bits per heavy atom. The maximum absolute atomic E-state index is 9.87. The van der Waals surface area contributed by atoms with Gasteiger partial charge in [-0.3, -0.25) is 0 Å². The quantitative estimate of drug-likeness (QED) is 0.644. The smallest absolute Gasteiger partial charge is 0.0795 e. The average Bonchev–Trinajstić information content (AvgIpc) is 2.12. The van der Waals surface area contributed by atoms with E-state index in [1.807, 2.05) is 0 Å². The molecule has 0 saturated heterocycles. The summed E-state index contributed by atoms with van der Waals surface area (Å²) in [5, 5.41) is 9.87. The van der Waals surface area contributed by atoms with E-state index in [-0.39, 0.29) is 6.10 Å². The van der Waals surface area contributed by atoms with Gasteiger partial charge in [-0.2, -0.15) is 0 Å². The zero-order valence-corrected chi connectivity index (χ0v) is 8.30. The lowest BCUT2D eigenvalue weighted by Crippen LogP contribution is -2.12. The van der Waals surface area contributed by atoms with E-state index >= 15 is 0 Å². The lowest BCUT2D eigenvalue weighted by atomic mass is 9.84. The van der Waals surface area contributed by atoms with Crippen molar-refractivity contribution < 1.29 is 5.11 Å². The Hall–Kier alpha value is -0.820. The summed E-state index contributed by atoms with van der Waals surface area (Å²) in [7, 11) is 0. The van der Waals surface area contributed by atoms with Gasteiger partial charge in [-0.05, 0) is 55.4 Å². The Bertz CT molecular complexity index is 328. The van der Waals surface area contributed by atoms with Gasteiger partial charge in [-0.25, -0.2) is 0 Å². The van der Waals surface area contributed by atoms with E-state index < -0.39 is 0 Å². The molecule has 0 amide bonds. The highest BCUT2D eigenvalue weighted by Gasteiger charge is 2.20. The third-order valence-corrected chi connectivity index (χ3v) is 3.05. The molecule has 1 N–H and O–H groups in total. The monoisotopic (exact) mass is 176 g/mol. The van der Waals surface area contributed by atoms with E-state index in [1.54, 1.807) is 0 Å². The van der Waals surface area contributed by atoms with E-state index in [9.17, 15) is 5.11 Å². The van der Waals surface area contributed by atoms with Crippen LogP contribution >= 0.6 is 0 Å². The van der Waals surface area contributed by atoms with Gasteiger partial charge in [0.05, 0.1) is 6.10 Å². The molecule has 0 aromatic heterocycles. The van der Waals surface area contributed by atoms with E-state index in [0.29, 0.717) is 0 Å². The van der Waals surface area contributed by atoms with Crippen molar-refractivity contribution in [3.05, 3.63) is 34.4 Å². The molecule has 0 saturated carbocycles. The number of benzene rings is 1. The van der Waals surface area contributed by atoms with Crippen molar-refractivity contribution in [2.45, 2.75) is 39.2 Å². The molecule has 0 bridgehead atoms.